The lowest BCUT2D eigenvalue weighted by atomic mass is 10.1. The minimum atomic E-state index is 0.290. The predicted molar refractivity (Wildman–Crippen MR) is 79.4 cm³/mol. The second-order valence-electron chi connectivity index (χ2n) is 5.16. The summed E-state index contributed by atoms with van der Waals surface area (Å²) < 4.78 is 1.88. The lowest BCUT2D eigenvalue weighted by molar-refractivity contribution is 0.600. The normalized spacial score (nSPS) is 11.3. The van der Waals surface area contributed by atoms with Gasteiger partial charge in [-0.2, -0.15) is 0 Å². The number of benzene rings is 1. The van der Waals surface area contributed by atoms with Gasteiger partial charge < -0.3 is 5.73 Å². The average Bonchev–Trinajstić information content (AvgIpc) is 2.80. The van der Waals surface area contributed by atoms with Gasteiger partial charge in [-0.05, 0) is 23.6 Å². The molecule has 0 atom stereocenters. The van der Waals surface area contributed by atoms with E-state index in [0.717, 1.165) is 16.6 Å². The van der Waals surface area contributed by atoms with Crippen molar-refractivity contribution in [1.29, 1.82) is 0 Å². The lowest BCUT2D eigenvalue weighted by Crippen LogP contribution is -2.09. The number of fused-ring (bicyclic) bond motifs is 1. The van der Waals surface area contributed by atoms with Crippen molar-refractivity contribution in [3.8, 4) is 0 Å². The van der Waals surface area contributed by atoms with Crippen LogP contribution in [0.2, 0.25) is 0 Å². The summed E-state index contributed by atoms with van der Waals surface area (Å²) in [5.41, 5.74) is 9.04. The van der Waals surface area contributed by atoms with Gasteiger partial charge in [-0.1, -0.05) is 37.3 Å². The molecule has 0 saturated carbocycles. The van der Waals surface area contributed by atoms with Crippen LogP contribution < -0.4 is 5.73 Å². The van der Waals surface area contributed by atoms with Crippen LogP contribution in [0.5, 0.6) is 0 Å². The number of pyridine rings is 1. The Labute approximate surface area is 117 Å². The first-order valence-electron chi connectivity index (χ1n) is 6.68. The fraction of sp³-hybridized carbons (Fsp3) is 0.267. The van der Waals surface area contributed by atoms with Crippen molar-refractivity contribution in [2.45, 2.75) is 26.3 Å². The smallest absolute Gasteiger partial charge is 0.169 e. The van der Waals surface area contributed by atoms with Crippen LogP contribution in [0, 0.1) is 0 Å². The Morgan fingerprint density at radius 2 is 2.00 bits per heavy atom. The van der Waals surface area contributed by atoms with E-state index in [4.69, 9.17) is 5.73 Å². The summed E-state index contributed by atoms with van der Waals surface area (Å²) in [5, 5.41) is 9.29. The van der Waals surface area contributed by atoms with E-state index in [1.807, 2.05) is 35.1 Å². The molecule has 1 aromatic carbocycles. The van der Waals surface area contributed by atoms with E-state index < -0.39 is 0 Å². The molecule has 0 saturated heterocycles. The Kier molecular flexibility index (Phi) is 3.10. The third kappa shape index (κ3) is 2.11. The van der Waals surface area contributed by atoms with Gasteiger partial charge in [0.25, 0.3) is 0 Å². The van der Waals surface area contributed by atoms with Gasteiger partial charge in [-0.25, -0.2) is 4.68 Å². The number of hydrogen-bond donors (Lipinski definition) is 1. The van der Waals surface area contributed by atoms with E-state index >= 15 is 0 Å². The molecule has 3 rings (SSSR count). The number of hydrogen-bond acceptors (Lipinski definition) is 4. The summed E-state index contributed by atoms with van der Waals surface area (Å²) in [7, 11) is 0. The molecule has 0 radical (unpaired) electrons. The molecule has 2 heterocycles. The zero-order chi connectivity index (χ0) is 14.1. The number of anilines is 1. The molecule has 3 aromatic rings. The molecule has 0 aliphatic rings. The van der Waals surface area contributed by atoms with Crippen LogP contribution in [0.3, 0.4) is 0 Å². The van der Waals surface area contributed by atoms with Crippen molar-refractivity contribution in [2.24, 2.45) is 0 Å². The maximum Gasteiger partial charge on any atom is 0.169 e. The molecule has 0 aliphatic carbocycles. The Morgan fingerprint density at radius 1 is 1.20 bits per heavy atom. The first kappa shape index (κ1) is 12.6. The van der Waals surface area contributed by atoms with Crippen molar-refractivity contribution >= 4 is 16.7 Å². The van der Waals surface area contributed by atoms with Crippen LogP contribution in [-0.4, -0.2) is 20.0 Å². The highest BCUT2D eigenvalue weighted by Gasteiger charge is 2.14. The minimum Gasteiger partial charge on any atom is -0.381 e. The van der Waals surface area contributed by atoms with Crippen molar-refractivity contribution in [3.63, 3.8) is 0 Å². The highest BCUT2D eigenvalue weighted by molar-refractivity contribution is 5.81. The number of nitrogens with two attached hydrogens (primary N) is 1. The summed E-state index contributed by atoms with van der Waals surface area (Å²) in [6.45, 7) is 4.84. The molecule has 0 bridgehead atoms. The molecule has 5 heteroatoms. The van der Waals surface area contributed by atoms with Gasteiger partial charge in [0.05, 0.1) is 17.8 Å². The van der Waals surface area contributed by atoms with Crippen LogP contribution in [0.4, 0.5) is 5.82 Å². The maximum atomic E-state index is 5.90. The molecule has 0 spiro atoms. The van der Waals surface area contributed by atoms with Gasteiger partial charge in [-0.15, -0.1) is 5.10 Å². The molecule has 5 nitrogen and oxygen atoms in total. The summed E-state index contributed by atoms with van der Waals surface area (Å²) in [4.78, 5) is 4.38. The highest BCUT2D eigenvalue weighted by atomic mass is 15.4. The largest absolute Gasteiger partial charge is 0.381 e. The molecule has 0 amide bonds. The molecule has 2 aromatic heterocycles. The number of para-hydroxylation sites is 1. The number of nitrogens with zero attached hydrogens (tertiary/aromatic N) is 4. The number of aromatic nitrogens is 4. The van der Waals surface area contributed by atoms with Gasteiger partial charge in [0.15, 0.2) is 5.82 Å². The first-order chi connectivity index (χ1) is 9.66. The average molecular weight is 267 g/mol. The summed E-state index contributed by atoms with van der Waals surface area (Å²) in [6.07, 6.45) is 1.83. The van der Waals surface area contributed by atoms with Gasteiger partial charge in [-0.3, -0.25) is 4.98 Å². The molecule has 0 aliphatic heterocycles. The molecule has 0 unspecified atom stereocenters. The number of rotatable bonds is 3. The van der Waals surface area contributed by atoms with Crippen molar-refractivity contribution in [2.75, 3.05) is 5.73 Å². The van der Waals surface area contributed by atoms with E-state index in [2.05, 4.69) is 35.2 Å². The quantitative estimate of drug-likeness (QED) is 0.791. The minimum absolute atomic E-state index is 0.290. The Hall–Kier alpha value is -2.43. The van der Waals surface area contributed by atoms with Crippen LogP contribution in [0.1, 0.15) is 31.0 Å². The third-order valence-electron chi connectivity index (χ3n) is 3.41. The van der Waals surface area contributed by atoms with E-state index in [1.54, 1.807) is 0 Å². The van der Waals surface area contributed by atoms with Gasteiger partial charge in [0, 0.05) is 11.6 Å². The van der Waals surface area contributed by atoms with Gasteiger partial charge in [0.2, 0.25) is 0 Å². The summed E-state index contributed by atoms with van der Waals surface area (Å²) in [5.74, 6) is 0.802. The zero-order valence-electron chi connectivity index (χ0n) is 11.6. The predicted octanol–water partition coefficient (Wildman–Crippen LogP) is 2.58. The topological polar surface area (TPSA) is 69.6 Å². The maximum absolute atomic E-state index is 5.90. The Morgan fingerprint density at radius 3 is 2.80 bits per heavy atom. The van der Waals surface area contributed by atoms with Crippen molar-refractivity contribution in [3.05, 3.63) is 47.8 Å². The second kappa shape index (κ2) is 4.92. The lowest BCUT2D eigenvalue weighted by Gasteiger charge is -2.11. The molecular weight excluding hydrogens is 250 g/mol. The van der Waals surface area contributed by atoms with Gasteiger partial charge >= 0.3 is 0 Å². The van der Waals surface area contributed by atoms with E-state index in [1.165, 1.54) is 5.56 Å². The third-order valence-corrected chi connectivity index (χ3v) is 3.41. The van der Waals surface area contributed by atoms with Crippen molar-refractivity contribution < 1.29 is 0 Å². The second-order valence-corrected chi connectivity index (χ2v) is 5.16. The fourth-order valence-corrected chi connectivity index (χ4v) is 2.50. The zero-order valence-corrected chi connectivity index (χ0v) is 11.6. The standard InChI is InChI=1S/C15H17N5/c1-10(2)14-15(16)18-19-20(14)9-11-7-8-17-13-6-4-3-5-12(11)13/h3-8,10H,9,16H2,1-2H3. The van der Waals surface area contributed by atoms with Crippen LogP contribution >= 0.6 is 0 Å². The van der Waals surface area contributed by atoms with E-state index in [9.17, 15) is 0 Å². The Bertz CT molecular complexity index is 740. The molecule has 0 fully saturated rings. The van der Waals surface area contributed by atoms with Crippen LogP contribution in [-0.2, 0) is 6.54 Å². The molecular formula is C15H17N5. The van der Waals surface area contributed by atoms with Crippen LogP contribution in [0.25, 0.3) is 10.9 Å². The first-order valence-corrected chi connectivity index (χ1v) is 6.68. The van der Waals surface area contributed by atoms with Crippen LogP contribution in [0.15, 0.2) is 36.5 Å². The summed E-state index contributed by atoms with van der Waals surface area (Å²) in [6, 6.07) is 10.1. The van der Waals surface area contributed by atoms with Gasteiger partial charge in [0.1, 0.15) is 0 Å². The highest BCUT2D eigenvalue weighted by Crippen LogP contribution is 2.22. The monoisotopic (exact) mass is 267 g/mol. The SMILES string of the molecule is CC(C)c1c(N)nnn1Cc1ccnc2ccccc12. The van der Waals surface area contributed by atoms with E-state index in [0.29, 0.717) is 12.4 Å². The van der Waals surface area contributed by atoms with Crippen molar-refractivity contribution in [1.82, 2.24) is 20.0 Å². The summed E-state index contributed by atoms with van der Waals surface area (Å²) >= 11 is 0. The molecule has 20 heavy (non-hydrogen) atoms. The number of nitrogen functional groups attached to an aromatic ring is 1. The fourth-order valence-electron chi connectivity index (χ4n) is 2.50. The van der Waals surface area contributed by atoms with E-state index in [-0.39, 0.29) is 5.92 Å². The Balaban J connectivity index is 2.06. The molecule has 2 N–H and O–H groups in total. The molecule has 102 valence electrons.